The Morgan fingerprint density at radius 2 is 1.67 bits per heavy atom. The van der Waals surface area contributed by atoms with E-state index in [2.05, 4.69) is 16.0 Å². The Kier molecular flexibility index (Phi) is 7.51. The number of aryl methyl sites for hydroxylation is 1. The van der Waals surface area contributed by atoms with E-state index < -0.39 is 18.0 Å². The number of benzene rings is 2. The zero-order chi connectivity index (χ0) is 19.6. The highest BCUT2D eigenvalue weighted by molar-refractivity contribution is 5.97. The summed E-state index contributed by atoms with van der Waals surface area (Å²) in [5.74, 6) is -0.702. The van der Waals surface area contributed by atoms with Crippen molar-refractivity contribution in [2.45, 2.75) is 19.4 Å². The second kappa shape index (κ2) is 10.1. The summed E-state index contributed by atoms with van der Waals surface area (Å²) in [6.07, 6.45) is 0.807. The second-order valence-electron chi connectivity index (χ2n) is 5.96. The Balaban J connectivity index is 2.05. The Morgan fingerprint density at radius 1 is 1.00 bits per heavy atom. The van der Waals surface area contributed by atoms with Crippen LogP contribution in [-0.2, 0) is 16.0 Å². The first kappa shape index (κ1) is 20.1. The molecule has 2 aromatic carbocycles. The van der Waals surface area contributed by atoms with Crippen molar-refractivity contribution < 1.29 is 19.7 Å². The smallest absolute Gasteiger partial charge is 0.321 e. The molecule has 0 fully saturated rings. The molecule has 0 aromatic heterocycles. The van der Waals surface area contributed by atoms with E-state index in [-0.39, 0.29) is 12.5 Å². The fraction of sp³-hybridized carbons (Fsp3) is 0.250. The van der Waals surface area contributed by atoms with Crippen LogP contribution in [0.2, 0.25) is 0 Å². The van der Waals surface area contributed by atoms with Crippen molar-refractivity contribution in [2.24, 2.45) is 0 Å². The summed E-state index contributed by atoms with van der Waals surface area (Å²) >= 11 is 0. The number of hydrogen-bond donors (Lipinski definition) is 4. The zero-order valence-corrected chi connectivity index (χ0v) is 15.5. The molecule has 7 nitrogen and oxygen atoms in total. The van der Waals surface area contributed by atoms with Crippen LogP contribution < -0.4 is 21.3 Å². The van der Waals surface area contributed by atoms with Crippen LogP contribution in [-0.4, -0.2) is 31.4 Å². The van der Waals surface area contributed by atoms with Crippen molar-refractivity contribution in [1.29, 1.82) is 0 Å². The molecule has 1 atom stereocenters. The van der Waals surface area contributed by atoms with Crippen molar-refractivity contribution in [3.05, 3.63) is 65.7 Å². The fourth-order valence-corrected chi connectivity index (χ4v) is 2.68. The predicted molar refractivity (Wildman–Crippen MR) is 103 cm³/mol. The van der Waals surface area contributed by atoms with E-state index in [4.69, 9.17) is 0 Å². The van der Waals surface area contributed by atoms with Crippen LogP contribution in [0.1, 0.15) is 24.1 Å². The summed E-state index contributed by atoms with van der Waals surface area (Å²) in [6.45, 7) is 2.06. The third kappa shape index (κ3) is 5.93. The topological polar surface area (TPSA) is 104 Å². The van der Waals surface area contributed by atoms with E-state index in [0.29, 0.717) is 5.56 Å². The minimum Gasteiger partial charge on any atom is -0.341 e. The molecular formula is C20H25N4O3+. The summed E-state index contributed by atoms with van der Waals surface area (Å²) in [5, 5.41) is 9.10. The summed E-state index contributed by atoms with van der Waals surface area (Å²) in [4.78, 5) is 36.3. The summed E-state index contributed by atoms with van der Waals surface area (Å²) in [5.41, 5.74) is 2.52. The quantitative estimate of drug-likeness (QED) is 0.584. The molecule has 2 rings (SSSR count). The summed E-state index contributed by atoms with van der Waals surface area (Å²) in [7, 11) is 1.43. The SMILES string of the molecule is CCc1ccccc1NC(=O)C[NH2+][C@@H](C(=O)NC(=O)NC)c1ccccc1. The van der Waals surface area contributed by atoms with Crippen LogP contribution in [0.3, 0.4) is 0 Å². The third-order valence-electron chi connectivity index (χ3n) is 4.12. The van der Waals surface area contributed by atoms with E-state index in [9.17, 15) is 14.4 Å². The fourth-order valence-electron chi connectivity index (χ4n) is 2.68. The van der Waals surface area contributed by atoms with Crippen LogP contribution >= 0.6 is 0 Å². The number of hydrogen-bond acceptors (Lipinski definition) is 3. The van der Waals surface area contributed by atoms with Crippen LogP contribution in [0.4, 0.5) is 10.5 Å². The maximum Gasteiger partial charge on any atom is 0.321 e. The Morgan fingerprint density at radius 3 is 2.33 bits per heavy atom. The van der Waals surface area contributed by atoms with Crippen LogP contribution in [0.5, 0.6) is 0 Å². The number of carbonyl (C=O) groups is 3. The molecule has 5 N–H and O–H groups in total. The molecule has 0 heterocycles. The van der Waals surface area contributed by atoms with Gasteiger partial charge in [0.15, 0.2) is 12.6 Å². The molecule has 0 aliphatic carbocycles. The zero-order valence-electron chi connectivity index (χ0n) is 15.5. The van der Waals surface area contributed by atoms with Gasteiger partial charge in [-0.2, -0.15) is 0 Å². The van der Waals surface area contributed by atoms with E-state index in [1.165, 1.54) is 7.05 Å². The minimum atomic E-state index is -0.712. The van der Waals surface area contributed by atoms with Gasteiger partial charge in [0.05, 0.1) is 0 Å². The van der Waals surface area contributed by atoms with E-state index in [1.807, 2.05) is 37.3 Å². The highest BCUT2D eigenvalue weighted by atomic mass is 16.2. The number of anilines is 1. The summed E-state index contributed by atoms with van der Waals surface area (Å²) < 4.78 is 0. The van der Waals surface area contributed by atoms with E-state index in [1.54, 1.807) is 29.6 Å². The lowest BCUT2D eigenvalue weighted by molar-refractivity contribution is -0.672. The summed E-state index contributed by atoms with van der Waals surface area (Å²) in [6, 6.07) is 15.3. The first-order chi connectivity index (χ1) is 13.0. The molecule has 4 amide bonds. The molecule has 7 heteroatoms. The van der Waals surface area contributed by atoms with E-state index in [0.717, 1.165) is 17.7 Å². The number of nitrogens with two attached hydrogens (primary N) is 1. The number of imide groups is 1. The predicted octanol–water partition coefficient (Wildman–Crippen LogP) is 0.948. The van der Waals surface area contributed by atoms with Crippen LogP contribution in [0.15, 0.2) is 54.6 Å². The highest BCUT2D eigenvalue weighted by Crippen LogP contribution is 2.15. The first-order valence-electron chi connectivity index (χ1n) is 8.83. The average Bonchev–Trinajstić information content (AvgIpc) is 2.69. The van der Waals surface area contributed by atoms with E-state index >= 15 is 0 Å². The van der Waals surface area contributed by atoms with Crippen molar-refractivity contribution in [1.82, 2.24) is 10.6 Å². The van der Waals surface area contributed by atoms with Gasteiger partial charge >= 0.3 is 6.03 Å². The molecule has 0 spiro atoms. The lowest BCUT2D eigenvalue weighted by Crippen LogP contribution is -2.89. The number of rotatable bonds is 7. The minimum absolute atomic E-state index is 0.0404. The van der Waals surface area contributed by atoms with Gasteiger partial charge in [0.1, 0.15) is 0 Å². The molecule has 27 heavy (non-hydrogen) atoms. The van der Waals surface area contributed by atoms with Gasteiger partial charge in [-0.15, -0.1) is 0 Å². The van der Waals surface area contributed by atoms with Crippen molar-refractivity contribution in [3.63, 3.8) is 0 Å². The molecule has 0 bridgehead atoms. The number of urea groups is 1. The molecule has 0 aliphatic rings. The van der Waals surface area contributed by atoms with Gasteiger partial charge in [0.2, 0.25) is 0 Å². The van der Waals surface area contributed by atoms with Gasteiger partial charge in [-0.25, -0.2) is 4.79 Å². The van der Waals surface area contributed by atoms with Crippen LogP contribution in [0.25, 0.3) is 0 Å². The molecule has 2 aromatic rings. The van der Waals surface area contributed by atoms with Gasteiger partial charge in [0.25, 0.3) is 11.8 Å². The van der Waals surface area contributed by atoms with Crippen molar-refractivity contribution in [2.75, 3.05) is 18.9 Å². The van der Waals surface area contributed by atoms with Gasteiger partial charge in [-0.3, -0.25) is 14.9 Å². The van der Waals surface area contributed by atoms with Crippen molar-refractivity contribution in [3.8, 4) is 0 Å². The highest BCUT2D eigenvalue weighted by Gasteiger charge is 2.26. The Labute approximate surface area is 158 Å². The Bertz CT molecular complexity index is 793. The second-order valence-corrected chi connectivity index (χ2v) is 5.96. The average molecular weight is 369 g/mol. The maximum atomic E-state index is 12.4. The van der Waals surface area contributed by atoms with Gasteiger partial charge in [-0.1, -0.05) is 55.5 Å². The normalized spacial score (nSPS) is 11.3. The molecule has 0 aliphatic heterocycles. The molecule has 0 saturated heterocycles. The largest absolute Gasteiger partial charge is 0.341 e. The first-order valence-corrected chi connectivity index (χ1v) is 8.83. The van der Waals surface area contributed by atoms with Gasteiger partial charge in [-0.05, 0) is 18.1 Å². The lowest BCUT2D eigenvalue weighted by atomic mass is 10.1. The number of nitrogens with one attached hydrogen (secondary N) is 3. The maximum absolute atomic E-state index is 12.4. The molecule has 142 valence electrons. The standard InChI is InChI=1S/C20H24N4O3/c1-3-14-9-7-8-12-16(14)23-17(25)13-22-18(15-10-5-4-6-11-15)19(26)24-20(27)21-2/h4-12,18,22H,3,13H2,1-2H3,(H,23,25)(H2,21,24,26,27)/p+1/t18-/m1/s1. The van der Waals surface area contributed by atoms with Gasteiger partial charge < -0.3 is 16.0 Å². The number of para-hydroxylation sites is 1. The lowest BCUT2D eigenvalue weighted by Gasteiger charge is -2.15. The third-order valence-corrected chi connectivity index (χ3v) is 4.12. The number of amides is 4. The monoisotopic (exact) mass is 369 g/mol. The molecule has 0 unspecified atom stereocenters. The molecular weight excluding hydrogens is 344 g/mol. The molecule has 0 saturated carbocycles. The van der Waals surface area contributed by atoms with Crippen molar-refractivity contribution >= 4 is 23.5 Å². The number of carbonyl (C=O) groups excluding carboxylic acids is 3. The molecule has 0 radical (unpaired) electrons. The van der Waals surface area contributed by atoms with Gasteiger partial charge in [0, 0.05) is 18.3 Å². The Hall–Kier alpha value is -3.19. The van der Waals surface area contributed by atoms with Crippen LogP contribution in [0, 0.1) is 0 Å². The number of quaternary nitrogens is 1.